The zero-order valence-electron chi connectivity index (χ0n) is 15.2. The second-order valence-corrected chi connectivity index (χ2v) is 6.35. The second kappa shape index (κ2) is 8.15. The Kier molecular flexibility index (Phi) is 5.68. The number of carbonyl (C=O) groups is 2. The summed E-state index contributed by atoms with van der Waals surface area (Å²) in [6.07, 6.45) is 0. The number of amides is 1. The number of ether oxygens (including phenoxy) is 1. The molecule has 1 aliphatic heterocycles. The van der Waals surface area contributed by atoms with E-state index in [0.29, 0.717) is 19.7 Å². The Balaban J connectivity index is 1.69. The molecule has 1 atom stereocenters. The Labute approximate surface area is 154 Å². The van der Waals surface area contributed by atoms with Crippen molar-refractivity contribution in [3.05, 3.63) is 54.6 Å². The summed E-state index contributed by atoms with van der Waals surface area (Å²) in [7, 11) is 0. The predicted octanol–water partition coefficient (Wildman–Crippen LogP) is 2.95. The highest BCUT2D eigenvalue weighted by atomic mass is 16.5. The predicted molar refractivity (Wildman–Crippen MR) is 102 cm³/mol. The fraction of sp³-hybridized carbons (Fsp3) is 0.333. The zero-order valence-corrected chi connectivity index (χ0v) is 15.2. The summed E-state index contributed by atoms with van der Waals surface area (Å²) in [4.78, 5) is 28.1. The average Bonchev–Trinajstić information content (AvgIpc) is 2.67. The molecule has 0 aliphatic carbocycles. The Bertz CT molecular complexity index is 759. The van der Waals surface area contributed by atoms with E-state index in [-0.39, 0.29) is 24.5 Å². The van der Waals surface area contributed by atoms with Crippen molar-refractivity contribution in [3.8, 4) is 11.1 Å². The molecule has 0 bridgehead atoms. The summed E-state index contributed by atoms with van der Waals surface area (Å²) in [5, 5.41) is 0. The third-order valence-corrected chi connectivity index (χ3v) is 4.71. The van der Waals surface area contributed by atoms with Crippen LogP contribution in [0.3, 0.4) is 0 Å². The van der Waals surface area contributed by atoms with Gasteiger partial charge in [-0.3, -0.25) is 14.5 Å². The molecule has 0 spiro atoms. The molecule has 1 aliphatic rings. The summed E-state index contributed by atoms with van der Waals surface area (Å²) in [6, 6.07) is 17.8. The molecule has 0 radical (unpaired) electrons. The van der Waals surface area contributed by atoms with Crippen LogP contribution in [0.5, 0.6) is 0 Å². The molecular weight excluding hydrogens is 328 g/mol. The summed E-state index contributed by atoms with van der Waals surface area (Å²) >= 11 is 0. The lowest BCUT2D eigenvalue weighted by Crippen LogP contribution is -2.57. The number of piperazine rings is 1. The fourth-order valence-electron chi connectivity index (χ4n) is 3.22. The van der Waals surface area contributed by atoms with Crippen LogP contribution in [-0.4, -0.2) is 49.1 Å². The number of anilines is 1. The van der Waals surface area contributed by atoms with Crippen molar-refractivity contribution in [1.29, 1.82) is 0 Å². The van der Waals surface area contributed by atoms with Gasteiger partial charge in [-0.2, -0.15) is 0 Å². The van der Waals surface area contributed by atoms with Crippen LogP contribution in [0.15, 0.2) is 54.6 Å². The molecular formula is C21H24N2O3. The van der Waals surface area contributed by atoms with E-state index in [1.165, 1.54) is 0 Å². The molecule has 0 unspecified atom stereocenters. The largest absolute Gasteiger partial charge is 0.465 e. The van der Waals surface area contributed by atoms with E-state index in [4.69, 9.17) is 4.74 Å². The van der Waals surface area contributed by atoms with Gasteiger partial charge in [-0.1, -0.05) is 42.5 Å². The first-order valence-corrected chi connectivity index (χ1v) is 8.96. The number of nitrogens with zero attached hydrogens (tertiary/aromatic N) is 2. The highest BCUT2D eigenvalue weighted by Gasteiger charge is 2.33. The topological polar surface area (TPSA) is 49.9 Å². The number of carbonyl (C=O) groups excluding carboxylic acids is 2. The van der Waals surface area contributed by atoms with Gasteiger partial charge in [0.1, 0.15) is 0 Å². The van der Waals surface area contributed by atoms with Gasteiger partial charge in [-0.15, -0.1) is 0 Å². The van der Waals surface area contributed by atoms with Gasteiger partial charge in [0.05, 0.1) is 19.2 Å². The molecule has 1 fully saturated rings. The maximum absolute atomic E-state index is 12.8. The van der Waals surface area contributed by atoms with Gasteiger partial charge >= 0.3 is 5.97 Å². The van der Waals surface area contributed by atoms with E-state index in [0.717, 1.165) is 16.8 Å². The third kappa shape index (κ3) is 3.94. The van der Waals surface area contributed by atoms with Gasteiger partial charge in [0, 0.05) is 18.8 Å². The highest BCUT2D eigenvalue weighted by Crippen LogP contribution is 2.25. The van der Waals surface area contributed by atoms with E-state index >= 15 is 0 Å². The van der Waals surface area contributed by atoms with E-state index in [1.54, 1.807) is 11.8 Å². The van der Waals surface area contributed by atoms with Crippen molar-refractivity contribution in [2.45, 2.75) is 19.9 Å². The minimum absolute atomic E-state index is 0.00742. The van der Waals surface area contributed by atoms with Crippen molar-refractivity contribution >= 4 is 17.6 Å². The van der Waals surface area contributed by atoms with Crippen molar-refractivity contribution < 1.29 is 14.3 Å². The molecule has 2 aromatic rings. The molecule has 1 amide bonds. The summed E-state index contributed by atoms with van der Waals surface area (Å²) in [5.41, 5.74) is 3.16. The maximum Gasteiger partial charge on any atom is 0.320 e. The van der Waals surface area contributed by atoms with Gasteiger partial charge in [-0.05, 0) is 37.1 Å². The van der Waals surface area contributed by atoms with Gasteiger partial charge in [0.2, 0.25) is 5.91 Å². The SMILES string of the molecule is CCOC(=O)CN1CCN(c2ccc(-c3ccccc3)cc2)C(=O)[C@H]1C. The highest BCUT2D eigenvalue weighted by molar-refractivity contribution is 5.98. The van der Waals surface area contributed by atoms with Crippen molar-refractivity contribution in [2.24, 2.45) is 0 Å². The average molecular weight is 352 g/mol. The molecule has 0 N–H and O–H groups in total. The summed E-state index contributed by atoms with van der Waals surface area (Å²) < 4.78 is 4.99. The van der Waals surface area contributed by atoms with Crippen molar-refractivity contribution in [1.82, 2.24) is 4.90 Å². The number of hydrogen-bond donors (Lipinski definition) is 0. The maximum atomic E-state index is 12.8. The van der Waals surface area contributed by atoms with Crippen LogP contribution in [0.1, 0.15) is 13.8 Å². The van der Waals surface area contributed by atoms with Gasteiger partial charge in [0.15, 0.2) is 0 Å². The van der Waals surface area contributed by atoms with Gasteiger partial charge in [0.25, 0.3) is 0 Å². The molecule has 0 saturated carbocycles. The quantitative estimate of drug-likeness (QED) is 0.777. The van der Waals surface area contributed by atoms with Crippen molar-refractivity contribution in [3.63, 3.8) is 0 Å². The summed E-state index contributed by atoms with van der Waals surface area (Å²) in [6.45, 7) is 5.34. The molecule has 2 aromatic carbocycles. The molecule has 136 valence electrons. The standard InChI is InChI=1S/C21H24N2O3/c1-3-26-20(24)15-22-13-14-23(21(25)16(22)2)19-11-9-18(10-12-19)17-7-5-4-6-8-17/h4-12,16H,3,13-15H2,1-2H3/t16-/m1/s1. The number of esters is 1. The van der Waals surface area contributed by atoms with Crippen LogP contribution < -0.4 is 4.90 Å². The minimum Gasteiger partial charge on any atom is -0.465 e. The first-order chi connectivity index (χ1) is 12.6. The monoisotopic (exact) mass is 352 g/mol. The van der Waals surface area contributed by atoms with Crippen LogP contribution >= 0.6 is 0 Å². The lowest BCUT2D eigenvalue weighted by atomic mass is 10.0. The van der Waals surface area contributed by atoms with Crippen LogP contribution in [0.4, 0.5) is 5.69 Å². The molecule has 5 nitrogen and oxygen atoms in total. The van der Waals surface area contributed by atoms with E-state index in [2.05, 4.69) is 12.1 Å². The van der Waals surface area contributed by atoms with Gasteiger partial charge < -0.3 is 9.64 Å². The van der Waals surface area contributed by atoms with E-state index in [1.807, 2.05) is 54.3 Å². The Morgan fingerprint density at radius 1 is 1.04 bits per heavy atom. The first-order valence-electron chi connectivity index (χ1n) is 8.96. The minimum atomic E-state index is -0.345. The first kappa shape index (κ1) is 18.1. The summed E-state index contributed by atoms with van der Waals surface area (Å²) in [5.74, 6) is -0.277. The molecule has 1 saturated heterocycles. The number of rotatable bonds is 5. The lowest BCUT2D eigenvalue weighted by Gasteiger charge is -2.38. The molecule has 0 aromatic heterocycles. The van der Waals surface area contributed by atoms with Crippen molar-refractivity contribution in [2.75, 3.05) is 31.1 Å². The molecule has 26 heavy (non-hydrogen) atoms. The Hall–Kier alpha value is -2.66. The molecule has 5 heteroatoms. The molecule has 3 rings (SSSR count). The van der Waals surface area contributed by atoms with Gasteiger partial charge in [-0.25, -0.2) is 0 Å². The Morgan fingerprint density at radius 3 is 2.35 bits per heavy atom. The fourth-order valence-corrected chi connectivity index (χ4v) is 3.22. The van der Waals surface area contributed by atoms with Crippen LogP contribution in [0.2, 0.25) is 0 Å². The van der Waals surface area contributed by atoms with Crippen LogP contribution in [0.25, 0.3) is 11.1 Å². The zero-order chi connectivity index (χ0) is 18.5. The molecule has 1 heterocycles. The van der Waals surface area contributed by atoms with Crippen LogP contribution in [-0.2, 0) is 14.3 Å². The van der Waals surface area contributed by atoms with Crippen LogP contribution in [0, 0.1) is 0 Å². The second-order valence-electron chi connectivity index (χ2n) is 6.35. The normalized spacial score (nSPS) is 18.0. The smallest absolute Gasteiger partial charge is 0.320 e. The van der Waals surface area contributed by atoms with E-state index in [9.17, 15) is 9.59 Å². The number of hydrogen-bond acceptors (Lipinski definition) is 4. The Morgan fingerprint density at radius 2 is 1.69 bits per heavy atom. The third-order valence-electron chi connectivity index (χ3n) is 4.71. The number of benzene rings is 2. The lowest BCUT2D eigenvalue weighted by molar-refractivity contribution is -0.145. The van der Waals surface area contributed by atoms with E-state index < -0.39 is 0 Å².